The van der Waals surface area contributed by atoms with Gasteiger partial charge in [0.05, 0.1) is 11.5 Å². The van der Waals surface area contributed by atoms with E-state index in [2.05, 4.69) is 17.4 Å². The van der Waals surface area contributed by atoms with Crippen LogP contribution < -0.4 is 5.32 Å². The molecule has 5 heteroatoms. The Labute approximate surface area is 161 Å². The van der Waals surface area contributed by atoms with E-state index in [4.69, 9.17) is 0 Å². The van der Waals surface area contributed by atoms with Gasteiger partial charge >= 0.3 is 0 Å². The summed E-state index contributed by atoms with van der Waals surface area (Å²) in [5, 5.41) is 2.99. The molecule has 0 bridgehead atoms. The molecular formula is C22H27NO3S. The van der Waals surface area contributed by atoms with Crippen LogP contribution in [0.3, 0.4) is 0 Å². The number of nitrogens with one attached hydrogen (secondary N) is 1. The van der Waals surface area contributed by atoms with Crippen molar-refractivity contribution in [3.05, 3.63) is 70.8 Å². The molecule has 1 saturated heterocycles. The molecule has 0 spiro atoms. The molecular weight excluding hydrogens is 358 g/mol. The maximum absolute atomic E-state index is 13.0. The van der Waals surface area contributed by atoms with Crippen molar-refractivity contribution < 1.29 is 13.2 Å². The molecule has 0 saturated carbocycles. The molecule has 3 rings (SSSR count). The highest BCUT2D eigenvalue weighted by Gasteiger charge is 2.31. The number of carbonyl (C=O) groups excluding carboxylic acids is 1. The fraction of sp³-hybridized carbons (Fsp3) is 0.409. The summed E-state index contributed by atoms with van der Waals surface area (Å²) in [6.07, 6.45) is 1.79. The Bertz CT molecular complexity index is 873. The van der Waals surface area contributed by atoms with Crippen LogP contribution in [0.5, 0.6) is 0 Å². The van der Waals surface area contributed by atoms with Crippen molar-refractivity contribution in [3.63, 3.8) is 0 Å². The number of hydrogen-bond donors (Lipinski definition) is 1. The Kier molecular flexibility index (Phi) is 6.00. The molecule has 1 N–H and O–H groups in total. The zero-order chi connectivity index (χ0) is 19.4. The average molecular weight is 386 g/mol. The van der Waals surface area contributed by atoms with Gasteiger partial charge in [0.15, 0.2) is 9.84 Å². The lowest BCUT2D eigenvalue weighted by Crippen LogP contribution is -2.41. The first-order valence-electron chi connectivity index (χ1n) is 9.42. The summed E-state index contributed by atoms with van der Waals surface area (Å²) in [6.45, 7) is 4.09. The lowest BCUT2D eigenvalue weighted by Gasteiger charge is -2.20. The van der Waals surface area contributed by atoms with Crippen LogP contribution >= 0.6 is 0 Å². The topological polar surface area (TPSA) is 63.2 Å². The van der Waals surface area contributed by atoms with Crippen LogP contribution in [-0.4, -0.2) is 31.9 Å². The fourth-order valence-electron chi connectivity index (χ4n) is 3.73. The normalized spacial score (nSPS) is 18.6. The minimum absolute atomic E-state index is 0.0555. The summed E-state index contributed by atoms with van der Waals surface area (Å²) >= 11 is 0. The summed E-state index contributed by atoms with van der Waals surface area (Å²) in [7, 11) is -3.01. The van der Waals surface area contributed by atoms with Gasteiger partial charge in [-0.3, -0.25) is 4.79 Å². The number of sulfone groups is 1. The molecule has 1 fully saturated rings. The molecule has 1 aliphatic heterocycles. The highest BCUT2D eigenvalue weighted by Crippen LogP contribution is 2.19. The molecule has 27 heavy (non-hydrogen) atoms. The molecule has 0 aliphatic carbocycles. The summed E-state index contributed by atoms with van der Waals surface area (Å²) in [5.74, 6) is -0.0596. The van der Waals surface area contributed by atoms with Gasteiger partial charge in [0.1, 0.15) is 0 Å². The Morgan fingerprint density at radius 3 is 2.04 bits per heavy atom. The van der Waals surface area contributed by atoms with E-state index < -0.39 is 9.84 Å². The van der Waals surface area contributed by atoms with Gasteiger partial charge in [-0.25, -0.2) is 8.42 Å². The molecule has 2 aromatic rings. The van der Waals surface area contributed by atoms with E-state index in [-0.39, 0.29) is 29.4 Å². The van der Waals surface area contributed by atoms with Gasteiger partial charge in [-0.2, -0.15) is 0 Å². The molecule has 0 aromatic heterocycles. The van der Waals surface area contributed by atoms with Crippen molar-refractivity contribution in [3.8, 4) is 0 Å². The number of carbonyl (C=O) groups is 1. The summed E-state index contributed by atoms with van der Waals surface area (Å²) in [4.78, 5) is 13.0. The van der Waals surface area contributed by atoms with E-state index in [0.29, 0.717) is 19.3 Å². The van der Waals surface area contributed by atoms with Crippen molar-refractivity contribution in [2.75, 3.05) is 11.5 Å². The highest BCUT2D eigenvalue weighted by atomic mass is 32.2. The van der Waals surface area contributed by atoms with Crippen LogP contribution in [0, 0.1) is 19.8 Å². The van der Waals surface area contributed by atoms with Crippen LogP contribution in [0.25, 0.3) is 0 Å². The predicted molar refractivity (Wildman–Crippen MR) is 108 cm³/mol. The van der Waals surface area contributed by atoms with Crippen LogP contribution in [0.2, 0.25) is 0 Å². The Balaban J connectivity index is 1.76. The summed E-state index contributed by atoms with van der Waals surface area (Å²) < 4.78 is 23.4. The van der Waals surface area contributed by atoms with Crippen LogP contribution in [0.15, 0.2) is 48.5 Å². The minimum atomic E-state index is -3.01. The van der Waals surface area contributed by atoms with Crippen LogP contribution in [-0.2, 0) is 27.5 Å². The van der Waals surface area contributed by atoms with Gasteiger partial charge in [-0.1, -0.05) is 59.7 Å². The molecule has 1 heterocycles. The van der Waals surface area contributed by atoms with Crippen LogP contribution in [0.4, 0.5) is 0 Å². The molecule has 0 radical (unpaired) electrons. The lowest BCUT2D eigenvalue weighted by atomic mass is 9.90. The van der Waals surface area contributed by atoms with E-state index in [1.54, 1.807) is 0 Å². The van der Waals surface area contributed by atoms with Gasteiger partial charge in [0.25, 0.3) is 0 Å². The molecule has 1 atom stereocenters. The first kappa shape index (κ1) is 19.6. The number of aryl methyl sites for hydroxylation is 2. The van der Waals surface area contributed by atoms with E-state index >= 15 is 0 Å². The summed E-state index contributed by atoms with van der Waals surface area (Å²) in [6, 6.07) is 16.1. The van der Waals surface area contributed by atoms with E-state index in [9.17, 15) is 13.2 Å². The zero-order valence-corrected chi connectivity index (χ0v) is 16.8. The van der Waals surface area contributed by atoms with Gasteiger partial charge in [-0.15, -0.1) is 0 Å². The monoisotopic (exact) mass is 385 g/mol. The minimum Gasteiger partial charge on any atom is -0.352 e. The van der Waals surface area contributed by atoms with Gasteiger partial charge < -0.3 is 5.32 Å². The smallest absolute Gasteiger partial charge is 0.224 e. The van der Waals surface area contributed by atoms with Gasteiger partial charge in [0, 0.05) is 12.0 Å². The summed E-state index contributed by atoms with van der Waals surface area (Å²) in [5.41, 5.74) is 4.59. The second-order valence-corrected chi connectivity index (χ2v) is 9.92. The third-order valence-electron chi connectivity index (χ3n) is 5.08. The third kappa shape index (κ3) is 5.67. The SMILES string of the molecule is Cc1cccc(CC(Cc2cccc(C)c2)C(=O)NC2CCS(=O)(=O)C2)c1. The maximum Gasteiger partial charge on any atom is 0.224 e. The molecule has 1 amide bonds. The highest BCUT2D eigenvalue weighted by molar-refractivity contribution is 7.91. The second kappa shape index (κ2) is 8.26. The molecule has 1 aliphatic rings. The van der Waals surface area contributed by atoms with Crippen LogP contribution in [0.1, 0.15) is 28.7 Å². The van der Waals surface area contributed by atoms with Gasteiger partial charge in [-0.05, 0) is 44.2 Å². The predicted octanol–water partition coefficient (Wildman–Crippen LogP) is 3.01. The Morgan fingerprint density at radius 2 is 1.59 bits per heavy atom. The van der Waals surface area contributed by atoms with E-state index in [0.717, 1.165) is 11.1 Å². The number of benzene rings is 2. The fourth-order valence-corrected chi connectivity index (χ4v) is 5.41. The Hall–Kier alpha value is -2.14. The standard InChI is InChI=1S/C22H27NO3S/c1-16-5-3-7-18(11-16)13-20(14-19-8-4-6-17(2)12-19)22(24)23-21-9-10-27(25,26)15-21/h3-8,11-12,20-21H,9-10,13-15H2,1-2H3,(H,23,24). The Morgan fingerprint density at radius 1 is 1.04 bits per heavy atom. The second-order valence-electron chi connectivity index (χ2n) is 7.69. The van der Waals surface area contributed by atoms with Crippen molar-refractivity contribution in [2.45, 2.75) is 39.2 Å². The molecule has 2 aromatic carbocycles. The third-order valence-corrected chi connectivity index (χ3v) is 6.85. The van der Waals surface area contributed by atoms with Gasteiger partial charge in [0.2, 0.25) is 5.91 Å². The zero-order valence-electron chi connectivity index (χ0n) is 15.9. The molecule has 4 nitrogen and oxygen atoms in total. The van der Waals surface area contributed by atoms with E-state index in [1.165, 1.54) is 11.1 Å². The largest absolute Gasteiger partial charge is 0.352 e. The number of amides is 1. The van der Waals surface area contributed by atoms with Crippen molar-refractivity contribution in [2.24, 2.45) is 5.92 Å². The van der Waals surface area contributed by atoms with Crippen molar-refractivity contribution in [1.29, 1.82) is 0 Å². The quantitative estimate of drug-likeness (QED) is 0.831. The lowest BCUT2D eigenvalue weighted by molar-refractivity contribution is -0.125. The first-order valence-corrected chi connectivity index (χ1v) is 11.2. The maximum atomic E-state index is 13.0. The van der Waals surface area contributed by atoms with E-state index in [1.807, 2.05) is 50.2 Å². The van der Waals surface area contributed by atoms with Crippen molar-refractivity contribution in [1.82, 2.24) is 5.32 Å². The average Bonchev–Trinajstić information content (AvgIpc) is 2.93. The van der Waals surface area contributed by atoms with Crippen molar-refractivity contribution >= 4 is 15.7 Å². The number of hydrogen-bond acceptors (Lipinski definition) is 3. The molecule has 144 valence electrons. The molecule has 1 unspecified atom stereocenters. The first-order chi connectivity index (χ1) is 12.8. The number of rotatable bonds is 6.